The van der Waals surface area contributed by atoms with Crippen molar-refractivity contribution in [1.82, 2.24) is 5.32 Å². The first kappa shape index (κ1) is 21.6. The minimum absolute atomic E-state index is 0.187. The maximum Gasteiger partial charge on any atom is 0.326 e. The summed E-state index contributed by atoms with van der Waals surface area (Å²) in [6.45, 7) is 0.727. The molecule has 0 rings (SSSR count). The predicted molar refractivity (Wildman–Crippen MR) is 91.0 cm³/mol. The van der Waals surface area contributed by atoms with Crippen LogP contribution in [0.15, 0.2) is 12.2 Å². The zero-order valence-corrected chi connectivity index (χ0v) is 14.0. The fraction of sp³-hybridized carbons (Fsp3) is 0.765. The summed E-state index contributed by atoms with van der Waals surface area (Å²) in [6, 6.07) is -0.800. The largest absolute Gasteiger partial charge is 0.480 e. The van der Waals surface area contributed by atoms with E-state index in [1.165, 1.54) is 0 Å². The van der Waals surface area contributed by atoms with Crippen molar-refractivity contribution in [2.75, 3.05) is 13.2 Å². The molecule has 0 aromatic heterocycles. The molecule has 6 nitrogen and oxygen atoms in total. The van der Waals surface area contributed by atoms with Crippen LogP contribution in [0.2, 0.25) is 0 Å². The highest BCUT2D eigenvalue weighted by Crippen LogP contribution is 2.07. The van der Waals surface area contributed by atoms with E-state index in [4.69, 9.17) is 15.9 Å². The zero-order chi connectivity index (χ0) is 17.3. The van der Waals surface area contributed by atoms with Gasteiger partial charge >= 0.3 is 5.97 Å². The lowest BCUT2D eigenvalue weighted by Gasteiger charge is -2.14. The number of aliphatic hydroxyl groups is 1. The van der Waals surface area contributed by atoms with E-state index in [0.29, 0.717) is 32.2 Å². The summed E-state index contributed by atoms with van der Waals surface area (Å²) in [4.78, 5) is 22.8. The van der Waals surface area contributed by atoms with E-state index in [0.717, 1.165) is 38.5 Å². The number of aliphatic hydroxyl groups excluding tert-OH is 1. The Balaban J connectivity index is 3.69. The van der Waals surface area contributed by atoms with Gasteiger partial charge in [0.1, 0.15) is 6.04 Å². The molecule has 0 aromatic rings. The van der Waals surface area contributed by atoms with Gasteiger partial charge in [0.2, 0.25) is 5.91 Å². The Morgan fingerprint density at radius 3 is 2.35 bits per heavy atom. The highest BCUT2D eigenvalue weighted by atomic mass is 16.4. The summed E-state index contributed by atoms with van der Waals surface area (Å²) in [5, 5.41) is 20.3. The summed E-state index contributed by atoms with van der Waals surface area (Å²) < 4.78 is 0. The van der Waals surface area contributed by atoms with E-state index in [-0.39, 0.29) is 12.5 Å². The Bertz CT molecular complexity index is 345. The molecule has 0 bridgehead atoms. The molecular weight excluding hydrogens is 296 g/mol. The number of carbonyl (C=O) groups is 2. The maximum absolute atomic E-state index is 11.8. The van der Waals surface area contributed by atoms with Gasteiger partial charge in [0.05, 0.1) is 0 Å². The van der Waals surface area contributed by atoms with E-state index < -0.39 is 12.0 Å². The smallest absolute Gasteiger partial charge is 0.326 e. The first-order valence-electron chi connectivity index (χ1n) is 8.60. The van der Waals surface area contributed by atoms with E-state index in [2.05, 4.69) is 11.4 Å². The molecule has 1 unspecified atom stereocenters. The SMILES string of the molecule is NCCCCC(NC(=O)CCCCCC/C=C\CCO)C(=O)O. The van der Waals surface area contributed by atoms with Gasteiger partial charge in [-0.3, -0.25) is 4.79 Å². The summed E-state index contributed by atoms with van der Waals surface area (Å²) in [6.07, 6.45) is 11.9. The van der Waals surface area contributed by atoms with Gasteiger partial charge in [-0.1, -0.05) is 25.0 Å². The molecule has 0 saturated heterocycles. The number of aliphatic carboxylic acids is 1. The van der Waals surface area contributed by atoms with Crippen molar-refractivity contribution in [1.29, 1.82) is 0 Å². The average Bonchev–Trinajstić information content (AvgIpc) is 2.52. The number of carboxylic acids is 1. The second kappa shape index (κ2) is 15.5. The first-order valence-corrected chi connectivity index (χ1v) is 8.60. The lowest BCUT2D eigenvalue weighted by molar-refractivity contribution is -0.142. The van der Waals surface area contributed by atoms with Crippen molar-refractivity contribution in [3.05, 3.63) is 12.2 Å². The molecule has 0 fully saturated rings. The molecule has 0 aliphatic heterocycles. The minimum Gasteiger partial charge on any atom is -0.480 e. The third-order valence-corrected chi connectivity index (χ3v) is 3.57. The third kappa shape index (κ3) is 14.0. The number of allylic oxidation sites excluding steroid dienone is 1. The lowest BCUT2D eigenvalue weighted by atomic mass is 10.1. The van der Waals surface area contributed by atoms with Crippen LogP contribution in [0.3, 0.4) is 0 Å². The van der Waals surface area contributed by atoms with Crippen molar-refractivity contribution >= 4 is 11.9 Å². The normalized spacial score (nSPS) is 12.4. The summed E-state index contributed by atoms with van der Waals surface area (Å²) >= 11 is 0. The van der Waals surface area contributed by atoms with Crippen LogP contribution in [0.5, 0.6) is 0 Å². The molecule has 134 valence electrons. The molecule has 0 spiro atoms. The van der Waals surface area contributed by atoms with Gasteiger partial charge in [-0.15, -0.1) is 0 Å². The molecule has 5 N–H and O–H groups in total. The van der Waals surface area contributed by atoms with Gasteiger partial charge in [-0.25, -0.2) is 4.79 Å². The van der Waals surface area contributed by atoms with E-state index >= 15 is 0 Å². The van der Waals surface area contributed by atoms with Crippen LogP contribution in [-0.2, 0) is 9.59 Å². The summed E-state index contributed by atoms with van der Waals surface area (Å²) in [7, 11) is 0. The van der Waals surface area contributed by atoms with E-state index in [1.54, 1.807) is 0 Å². The molecule has 1 amide bonds. The zero-order valence-electron chi connectivity index (χ0n) is 14.0. The van der Waals surface area contributed by atoms with Crippen molar-refractivity contribution in [3.63, 3.8) is 0 Å². The number of carbonyl (C=O) groups excluding carboxylic acids is 1. The molecule has 0 aromatic carbocycles. The Labute approximate surface area is 139 Å². The van der Waals surface area contributed by atoms with Crippen LogP contribution in [0, 0.1) is 0 Å². The molecule has 0 aliphatic carbocycles. The monoisotopic (exact) mass is 328 g/mol. The van der Waals surface area contributed by atoms with Crippen molar-refractivity contribution in [3.8, 4) is 0 Å². The number of rotatable bonds is 15. The summed E-state index contributed by atoms with van der Waals surface area (Å²) in [5.74, 6) is -1.17. The number of unbranched alkanes of at least 4 members (excludes halogenated alkanes) is 5. The van der Waals surface area contributed by atoms with E-state index in [1.807, 2.05) is 6.08 Å². The molecule has 0 aliphatic rings. The number of amides is 1. The number of hydrogen-bond acceptors (Lipinski definition) is 4. The maximum atomic E-state index is 11.8. The molecule has 0 heterocycles. The van der Waals surface area contributed by atoms with Crippen LogP contribution in [0.1, 0.15) is 64.2 Å². The Hall–Kier alpha value is -1.40. The predicted octanol–water partition coefficient (Wildman–Crippen LogP) is 1.96. The van der Waals surface area contributed by atoms with Gasteiger partial charge in [0.25, 0.3) is 0 Å². The fourth-order valence-electron chi connectivity index (χ4n) is 2.23. The average molecular weight is 328 g/mol. The van der Waals surface area contributed by atoms with Crippen molar-refractivity contribution in [2.24, 2.45) is 5.73 Å². The molecule has 1 atom stereocenters. The van der Waals surface area contributed by atoms with Crippen LogP contribution >= 0.6 is 0 Å². The lowest BCUT2D eigenvalue weighted by Crippen LogP contribution is -2.40. The topological polar surface area (TPSA) is 113 Å². The molecule has 23 heavy (non-hydrogen) atoms. The molecule has 6 heteroatoms. The van der Waals surface area contributed by atoms with Gasteiger partial charge in [-0.05, 0) is 51.5 Å². The highest BCUT2D eigenvalue weighted by Gasteiger charge is 2.18. The van der Waals surface area contributed by atoms with Gasteiger partial charge in [0.15, 0.2) is 0 Å². The standard InChI is InChI=1S/C17H32N2O4/c18-13-9-8-11-15(17(22)23)19-16(21)12-7-5-3-1-2-4-6-10-14-20/h4,6,15,20H,1-3,5,7-14,18H2,(H,19,21)(H,22,23)/b6-4-. The Morgan fingerprint density at radius 1 is 1.00 bits per heavy atom. The Kier molecular flexibility index (Phi) is 14.6. The quantitative estimate of drug-likeness (QED) is 0.271. The molecular formula is C17H32N2O4. The van der Waals surface area contributed by atoms with Crippen molar-refractivity contribution in [2.45, 2.75) is 70.3 Å². The number of nitrogens with two attached hydrogens (primary N) is 1. The van der Waals surface area contributed by atoms with Crippen LogP contribution in [0.25, 0.3) is 0 Å². The van der Waals surface area contributed by atoms with E-state index in [9.17, 15) is 9.59 Å². The minimum atomic E-state index is -0.981. The molecule has 0 radical (unpaired) electrons. The van der Waals surface area contributed by atoms with Crippen LogP contribution < -0.4 is 11.1 Å². The highest BCUT2D eigenvalue weighted by molar-refractivity contribution is 5.83. The number of carboxylic acid groups (broad SMARTS) is 1. The fourth-order valence-corrected chi connectivity index (χ4v) is 2.23. The van der Waals surface area contributed by atoms with Crippen LogP contribution in [0.4, 0.5) is 0 Å². The van der Waals surface area contributed by atoms with Crippen molar-refractivity contribution < 1.29 is 19.8 Å². The Morgan fingerprint density at radius 2 is 1.70 bits per heavy atom. The summed E-state index contributed by atoms with van der Waals surface area (Å²) in [5.41, 5.74) is 5.38. The molecule has 0 saturated carbocycles. The second-order valence-corrected chi connectivity index (χ2v) is 5.68. The second-order valence-electron chi connectivity index (χ2n) is 5.68. The number of hydrogen-bond donors (Lipinski definition) is 4. The van der Waals surface area contributed by atoms with Gasteiger partial charge in [-0.2, -0.15) is 0 Å². The van der Waals surface area contributed by atoms with Crippen LogP contribution in [-0.4, -0.2) is 41.3 Å². The van der Waals surface area contributed by atoms with Gasteiger partial charge in [0, 0.05) is 13.0 Å². The first-order chi connectivity index (χ1) is 11.1. The number of nitrogens with one attached hydrogen (secondary N) is 1. The van der Waals surface area contributed by atoms with Gasteiger partial charge < -0.3 is 21.3 Å². The third-order valence-electron chi connectivity index (χ3n) is 3.57.